The highest BCUT2D eigenvalue weighted by Gasteiger charge is 2.26. The van der Waals surface area contributed by atoms with Crippen LogP contribution in [0.5, 0.6) is 0 Å². The Hall–Kier alpha value is -2.26. The van der Waals surface area contributed by atoms with E-state index in [0.29, 0.717) is 6.54 Å². The van der Waals surface area contributed by atoms with Crippen molar-refractivity contribution in [2.75, 3.05) is 6.54 Å². The van der Waals surface area contributed by atoms with Crippen LogP contribution in [-0.2, 0) is 6.54 Å². The molecule has 0 radical (unpaired) electrons. The second kappa shape index (κ2) is 6.02. The zero-order valence-electron chi connectivity index (χ0n) is 11.6. The lowest BCUT2D eigenvalue weighted by molar-refractivity contribution is 0.134. The molecule has 1 fully saturated rings. The van der Waals surface area contributed by atoms with E-state index in [-0.39, 0.29) is 11.6 Å². The number of hydrogen-bond donors (Lipinski definition) is 1. The molecule has 1 N–H and O–H groups in total. The number of H-pyrrole nitrogens is 1. The van der Waals surface area contributed by atoms with E-state index in [0.717, 1.165) is 37.2 Å². The van der Waals surface area contributed by atoms with Crippen molar-refractivity contribution in [3.63, 3.8) is 0 Å². The standard InChI is InChI=1S/C15H16FN5/c16-13-5-4-11(7-12(13)8-17)9-21-6-2-1-3-14(21)15-18-10-19-20-15/h4-5,7,10,14H,1-3,6,9H2,(H,18,19,20). The molecule has 0 spiro atoms. The van der Waals surface area contributed by atoms with Gasteiger partial charge in [-0.1, -0.05) is 12.5 Å². The van der Waals surface area contributed by atoms with Crippen LogP contribution >= 0.6 is 0 Å². The minimum absolute atomic E-state index is 0.0979. The quantitative estimate of drug-likeness (QED) is 0.941. The summed E-state index contributed by atoms with van der Waals surface area (Å²) in [5.41, 5.74) is 1.04. The molecule has 0 amide bonds. The van der Waals surface area contributed by atoms with Gasteiger partial charge in [0.1, 0.15) is 24.0 Å². The summed E-state index contributed by atoms with van der Waals surface area (Å²) in [4.78, 5) is 6.56. The molecule has 1 aliphatic rings. The Balaban J connectivity index is 1.80. The lowest BCUT2D eigenvalue weighted by atomic mass is 10.00. The van der Waals surface area contributed by atoms with Gasteiger partial charge in [-0.3, -0.25) is 10.00 Å². The van der Waals surface area contributed by atoms with Gasteiger partial charge in [0, 0.05) is 6.54 Å². The van der Waals surface area contributed by atoms with Gasteiger partial charge in [0.15, 0.2) is 0 Å². The van der Waals surface area contributed by atoms with Crippen LogP contribution in [0.1, 0.15) is 42.3 Å². The van der Waals surface area contributed by atoms with E-state index in [1.807, 2.05) is 6.07 Å². The van der Waals surface area contributed by atoms with Gasteiger partial charge in [-0.2, -0.15) is 10.4 Å². The summed E-state index contributed by atoms with van der Waals surface area (Å²) in [5, 5.41) is 15.8. The summed E-state index contributed by atoms with van der Waals surface area (Å²) in [5.74, 6) is 0.406. The van der Waals surface area contributed by atoms with Crippen molar-refractivity contribution in [1.82, 2.24) is 20.1 Å². The summed E-state index contributed by atoms with van der Waals surface area (Å²) < 4.78 is 13.4. The predicted octanol–water partition coefficient (Wildman–Crippen LogP) is 2.54. The van der Waals surface area contributed by atoms with Gasteiger partial charge in [0.25, 0.3) is 0 Å². The van der Waals surface area contributed by atoms with Crippen molar-refractivity contribution in [3.05, 3.63) is 47.3 Å². The fourth-order valence-electron chi connectivity index (χ4n) is 2.86. The number of nitrogens with one attached hydrogen (secondary N) is 1. The van der Waals surface area contributed by atoms with E-state index >= 15 is 0 Å². The summed E-state index contributed by atoms with van der Waals surface area (Å²) in [6.07, 6.45) is 4.85. The van der Waals surface area contributed by atoms with Gasteiger partial charge < -0.3 is 0 Å². The number of piperidine rings is 1. The van der Waals surface area contributed by atoms with Crippen molar-refractivity contribution in [2.24, 2.45) is 0 Å². The minimum Gasteiger partial charge on any atom is -0.289 e. The number of aromatic nitrogens is 3. The van der Waals surface area contributed by atoms with Crippen molar-refractivity contribution in [3.8, 4) is 6.07 Å². The first-order chi connectivity index (χ1) is 10.3. The molecule has 1 aliphatic heterocycles. The van der Waals surface area contributed by atoms with Gasteiger partial charge in [0.2, 0.25) is 0 Å². The molecule has 0 saturated carbocycles. The Morgan fingerprint density at radius 3 is 3.10 bits per heavy atom. The second-order valence-corrected chi connectivity index (χ2v) is 5.28. The van der Waals surface area contributed by atoms with Crippen molar-refractivity contribution in [1.29, 1.82) is 5.26 Å². The van der Waals surface area contributed by atoms with Crippen LogP contribution < -0.4 is 0 Å². The molecule has 0 aliphatic carbocycles. The highest BCUT2D eigenvalue weighted by molar-refractivity contribution is 5.34. The summed E-state index contributed by atoms with van der Waals surface area (Å²) in [6.45, 7) is 1.64. The van der Waals surface area contributed by atoms with Gasteiger partial charge in [-0.15, -0.1) is 0 Å². The van der Waals surface area contributed by atoms with Crippen LogP contribution in [0, 0.1) is 17.1 Å². The molecule has 1 saturated heterocycles. The van der Waals surface area contributed by atoms with Crippen LogP contribution in [0.15, 0.2) is 24.5 Å². The fourth-order valence-corrected chi connectivity index (χ4v) is 2.86. The molecule has 3 rings (SSSR count). The first-order valence-corrected chi connectivity index (χ1v) is 7.06. The number of hydrogen-bond acceptors (Lipinski definition) is 4. The van der Waals surface area contributed by atoms with Crippen molar-refractivity contribution in [2.45, 2.75) is 31.8 Å². The third kappa shape index (κ3) is 2.93. The Labute approximate surface area is 122 Å². The third-order valence-electron chi connectivity index (χ3n) is 3.90. The van der Waals surface area contributed by atoms with Crippen LogP contribution in [0.2, 0.25) is 0 Å². The molecular formula is C15H16FN5. The number of aromatic amines is 1. The Bertz CT molecular complexity index is 647. The molecule has 2 aromatic rings. The van der Waals surface area contributed by atoms with Gasteiger partial charge in [-0.05, 0) is 37.1 Å². The first-order valence-electron chi connectivity index (χ1n) is 7.06. The Morgan fingerprint density at radius 1 is 1.43 bits per heavy atom. The average Bonchev–Trinajstić information content (AvgIpc) is 3.04. The molecular weight excluding hydrogens is 269 g/mol. The summed E-state index contributed by atoms with van der Waals surface area (Å²) >= 11 is 0. The fraction of sp³-hybridized carbons (Fsp3) is 0.400. The Morgan fingerprint density at radius 2 is 2.33 bits per heavy atom. The monoisotopic (exact) mass is 285 g/mol. The molecule has 1 unspecified atom stereocenters. The van der Waals surface area contributed by atoms with Crippen LogP contribution in [0.3, 0.4) is 0 Å². The number of rotatable bonds is 3. The second-order valence-electron chi connectivity index (χ2n) is 5.28. The SMILES string of the molecule is N#Cc1cc(CN2CCCCC2c2ncn[nH]2)ccc1F. The third-order valence-corrected chi connectivity index (χ3v) is 3.90. The maximum atomic E-state index is 13.4. The molecule has 0 bridgehead atoms. The van der Waals surface area contributed by atoms with Gasteiger partial charge in [-0.25, -0.2) is 9.37 Å². The number of nitrogens with zero attached hydrogens (tertiary/aromatic N) is 4. The number of halogens is 1. The van der Waals surface area contributed by atoms with E-state index < -0.39 is 5.82 Å². The van der Waals surface area contributed by atoms with E-state index in [2.05, 4.69) is 20.1 Å². The molecule has 2 heterocycles. The zero-order valence-corrected chi connectivity index (χ0v) is 11.6. The number of likely N-dealkylation sites (tertiary alicyclic amines) is 1. The van der Waals surface area contributed by atoms with E-state index in [9.17, 15) is 4.39 Å². The highest BCUT2D eigenvalue weighted by Crippen LogP contribution is 2.30. The van der Waals surface area contributed by atoms with Gasteiger partial charge >= 0.3 is 0 Å². The average molecular weight is 285 g/mol. The van der Waals surface area contributed by atoms with E-state index in [1.165, 1.54) is 12.4 Å². The number of nitriles is 1. The summed E-state index contributed by atoms with van der Waals surface area (Å²) in [6, 6.07) is 6.82. The molecule has 108 valence electrons. The van der Waals surface area contributed by atoms with Crippen molar-refractivity contribution >= 4 is 0 Å². The molecule has 21 heavy (non-hydrogen) atoms. The van der Waals surface area contributed by atoms with Gasteiger partial charge in [0.05, 0.1) is 11.6 Å². The first kappa shape index (κ1) is 13.7. The number of benzene rings is 1. The van der Waals surface area contributed by atoms with Crippen LogP contribution in [-0.4, -0.2) is 26.6 Å². The molecule has 1 atom stereocenters. The minimum atomic E-state index is -0.466. The lowest BCUT2D eigenvalue weighted by Gasteiger charge is -2.34. The van der Waals surface area contributed by atoms with E-state index in [4.69, 9.17) is 5.26 Å². The normalized spacial score (nSPS) is 19.3. The Kier molecular flexibility index (Phi) is 3.93. The highest BCUT2D eigenvalue weighted by atomic mass is 19.1. The summed E-state index contributed by atoms with van der Waals surface area (Å²) in [7, 11) is 0. The largest absolute Gasteiger partial charge is 0.289 e. The van der Waals surface area contributed by atoms with E-state index in [1.54, 1.807) is 12.1 Å². The van der Waals surface area contributed by atoms with Crippen LogP contribution in [0.25, 0.3) is 0 Å². The molecule has 1 aromatic carbocycles. The maximum Gasteiger partial charge on any atom is 0.141 e. The maximum absolute atomic E-state index is 13.4. The topological polar surface area (TPSA) is 68.6 Å². The molecule has 6 heteroatoms. The molecule has 1 aromatic heterocycles. The lowest BCUT2D eigenvalue weighted by Crippen LogP contribution is -2.33. The predicted molar refractivity (Wildman–Crippen MR) is 74.5 cm³/mol. The smallest absolute Gasteiger partial charge is 0.141 e. The zero-order chi connectivity index (χ0) is 14.7. The van der Waals surface area contributed by atoms with Crippen molar-refractivity contribution < 1.29 is 4.39 Å². The molecule has 5 nitrogen and oxygen atoms in total. The van der Waals surface area contributed by atoms with Crippen LogP contribution in [0.4, 0.5) is 4.39 Å².